The summed E-state index contributed by atoms with van der Waals surface area (Å²) in [6.07, 6.45) is 4.71. The number of hydrogen-bond acceptors (Lipinski definition) is 4. The Morgan fingerprint density at radius 1 is 0.384 bits per heavy atom. The Hall–Kier alpha value is -7.76. The monoisotopic (exact) mass is 1130 g/mol. The first-order valence-electron chi connectivity index (χ1n) is 32.0. The summed E-state index contributed by atoms with van der Waals surface area (Å²) in [4.78, 5) is 10.7. The Bertz CT molecular complexity index is 4050. The summed E-state index contributed by atoms with van der Waals surface area (Å²) in [5.74, 6) is 0. The molecule has 1 saturated carbocycles. The molecule has 434 valence electrons. The molecule has 0 radical (unpaired) electrons. The van der Waals surface area contributed by atoms with Crippen LogP contribution in [0.1, 0.15) is 175 Å². The molecule has 0 spiro atoms. The smallest absolute Gasteiger partial charge is 0.252 e. The van der Waals surface area contributed by atoms with E-state index in [9.17, 15) is 0 Å². The highest BCUT2D eigenvalue weighted by Gasteiger charge is 2.61. The maximum atomic E-state index is 2.90. The van der Waals surface area contributed by atoms with Crippen LogP contribution in [0.5, 0.6) is 0 Å². The zero-order valence-electron chi connectivity index (χ0n) is 54.1. The Labute approximate surface area is 515 Å². The highest BCUT2D eigenvalue weighted by Crippen LogP contribution is 2.63. The summed E-state index contributed by atoms with van der Waals surface area (Å²) in [5.41, 5.74) is 29.2. The van der Waals surface area contributed by atoms with E-state index in [-0.39, 0.29) is 44.7 Å². The minimum absolute atomic E-state index is 0.00729. The lowest BCUT2D eigenvalue weighted by atomic mass is 9.33. The van der Waals surface area contributed by atoms with Crippen LogP contribution in [-0.4, -0.2) is 12.3 Å². The lowest BCUT2D eigenvalue weighted by Crippen LogP contribution is -2.64. The van der Waals surface area contributed by atoms with E-state index in [0.717, 1.165) is 47.0 Å². The number of para-hydroxylation sites is 1. The van der Waals surface area contributed by atoms with Crippen molar-refractivity contribution >= 4 is 85.7 Å². The number of fused-ring (bicyclic) bond motifs is 10. The lowest BCUT2D eigenvalue weighted by Gasteiger charge is -2.53. The normalized spacial score (nSPS) is 18.9. The van der Waals surface area contributed by atoms with E-state index in [0.29, 0.717) is 0 Å². The molecule has 1 fully saturated rings. The molecule has 14 rings (SSSR count). The molecule has 2 atom stereocenters. The van der Waals surface area contributed by atoms with Gasteiger partial charge in [-0.2, -0.15) is 0 Å². The Morgan fingerprint density at radius 2 is 0.837 bits per heavy atom. The van der Waals surface area contributed by atoms with Gasteiger partial charge >= 0.3 is 0 Å². The summed E-state index contributed by atoms with van der Waals surface area (Å²) < 4.78 is 0. The van der Waals surface area contributed by atoms with E-state index in [1.54, 1.807) is 0 Å². The van der Waals surface area contributed by atoms with Gasteiger partial charge in [0, 0.05) is 67.6 Å². The molecule has 0 aromatic heterocycles. The van der Waals surface area contributed by atoms with Gasteiger partial charge in [-0.15, -0.1) is 0 Å². The second-order valence-electron chi connectivity index (χ2n) is 31.0. The van der Waals surface area contributed by atoms with Gasteiger partial charge < -0.3 is 19.6 Å². The third kappa shape index (κ3) is 8.43. The lowest BCUT2D eigenvalue weighted by molar-refractivity contribution is 0.195. The van der Waals surface area contributed by atoms with Crippen LogP contribution >= 0.6 is 0 Å². The predicted molar refractivity (Wildman–Crippen MR) is 370 cm³/mol. The molecular weight excluding hydrogens is 1040 g/mol. The number of rotatable bonds is 7. The fourth-order valence-corrected chi connectivity index (χ4v) is 16.0. The first-order chi connectivity index (χ1) is 40.7. The third-order valence-electron chi connectivity index (χ3n) is 21.2. The molecule has 9 aromatic rings. The SMILES string of the molecule is CC(C)(C)c1ccc(N(c2ccc(C(C)(C)C)cc2)c2ccc3c(c2)B2c4cccc5c4N(c4cc(N(c6ccc(C(C)(C)C)cc6)c6ccc(C(C)(C)C)cc6)cc(c42)N3c2cccc3c2-c2ccccc2C3(C)C)C2(C)CCCCC52C)cc1. The van der Waals surface area contributed by atoms with Crippen LogP contribution < -0.4 is 36.0 Å². The van der Waals surface area contributed by atoms with Gasteiger partial charge in [0.2, 0.25) is 0 Å². The number of anilines is 11. The molecule has 0 amide bonds. The van der Waals surface area contributed by atoms with Crippen LogP contribution in [0.4, 0.5) is 62.6 Å². The Morgan fingerprint density at radius 3 is 1.37 bits per heavy atom. The first kappa shape index (κ1) is 56.1. The van der Waals surface area contributed by atoms with Gasteiger partial charge in [-0.05, 0) is 187 Å². The quantitative estimate of drug-likeness (QED) is 0.147. The molecule has 2 aliphatic carbocycles. The zero-order valence-corrected chi connectivity index (χ0v) is 54.1. The Balaban J connectivity index is 1.09. The zero-order chi connectivity index (χ0) is 60.4. The van der Waals surface area contributed by atoms with Gasteiger partial charge in [-0.3, -0.25) is 0 Å². The summed E-state index contributed by atoms with van der Waals surface area (Å²) in [6.45, 7) is 37.8. The topological polar surface area (TPSA) is 13.0 Å². The number of nitrogens with zero attached hydrogens (tertiary/aromatic N) is 4. The first-order valence-corrected chi connectivity index (χ1v) is 32.0. The van der Waals surface area contributed by atoms with Crippen molar-refractivity contribution in [3.05, 3.63) is 227 Å². The molecule has 5 aliphatic rings. The summed E-state index contributed by atoms with van der Waals surface area (Å²) >= 11 is 0. The number of hydrogen-bond donors (Lipinski definition) is 0. The Kier molecular flexibility index (Phi) is 12.5. The van der Waals surface area contributed by atoms with E-state index >= 15 is 0 Å². The molecule has 0 saturated heterocycles. The standard InChI is InChI=1S/C81H87BN4/c1-75(2,3)52-29-37-56(38-30-52)83(57-39-31-53(32-40-57)76(4,5)6)60-45-46-68-67(49-60)82-66-27-21-26-65-74(66)86(81(16)48-20-19-47-80(65,81)15)71-51-61(84(58-41-33-54(34-42-58)77(7,8)9)59-43-35-55(36-44-59)78(10,11)12)50-70(73(71)82)85(68)69-28-22-25-64-72(69)62-23-17-18-24-63(62)79(64,13)14/h17-18,21-46,49-51H,19-20,47-48H2,1-16H3. The van der Waals surface area contributed by atoms with Gasteiger partial charge in [0.05, 0.1) is 16.9 Å². The van der Waals surface area contributed by atoms with Gasteiger partial charge in [0.15, 0.2) is 0 Å². The van der Waals surface area contributed by atoms with Gasteiger partial charge in [0.25, 0.3) is 6.71 Å². The fourth-order valence-electron chi connectivity index (χ4n) is 16.0. The van der Waals surface area contributed by atoms with Crippen LogP contribution in [0.15, 0.2) is 188 Å². The molecular formula is C81H87BN4. The average molecular weight is 1130 g/mol. The molecule has 0 bridgehead atoms. The van der Waals surface area contributed by atoms with Crippen molar-refractivity contribution in [1.82, 2.24) is 0 Å². The fraction of sp³-hybridized carbons (Fsp3) is 0.333. The second-order valence-corrected chi connectivity index (χ2v) is 31.0. The molecule has 0 N–H and O–H groups in total. The second kappa shape index (κ2) is 19.1. The predicted octanol–water partition coefficient (Wildman–Crippen LogP) is 20.5. The summed E-state index contributed by atoms with van der Waals surface area (Å²) in [7, 11) is 0. The van der Waals surface area contributed by atoms with Crippen molar-refractivity contribution in [2.75, 3.05) is 19.6 Å². The highest BCUT2D eigenvalue weighted by atomic mass is 15.3. The molecule has 3 aliphatic heterocycles. The van der Waals surface area contributed by atoms with Crippen molar-refractivity contribution in [1.29, 1.82) is 0 Å². The van der Waals surface area contributed by atoms with Crippen LogP contribution in [0.25, 0.3) is 11.1 Å². The molecule has 3 heterocycles. The maximum absolute atomic E-state index is 2.90. The van der Waals surface area contributed by atoms with E-state index < -0.39 is 0 Å². The third-order valence-corrected chi connectivity index (χ3v) is 21.2. The highest BCUT2D eigenvalue weighted by molar-refractivity contribution is 7.00. The van der Waals surface area contributed by atoms with Gasteiger partial charge in [0.1, 0.15) is 0 Å². The molecule has 2 unspecified atom stereocenters. The molecule has 86 heavy (non-hydrogen) atoms. The summed E-state index contributed by atoms with van der Waals surface area (Å²) in [6, 6.07) is 74.1. The largest absolute Gasteiger partial charge is 0.335 e. The van der Waals surface area contributed by atoms with Crippen molar-refractivity contribution in [2.24, 2.45) is 0 Å². The average Bonchev–Trinajstić information content (AvgIpc) is 1.43. The minimum atomic E-state index is -0.194. The van der Waals surface area contributed by atoms with Crippen LogP contribution in [0.2, 0.25) is 0 Å². The maximum Gasteiger partial charge on any atom is 0.252 e. The van der Waals surface area contributed by atoms with Gasteiger partial charge in [-0.25, -0.2) is 0 Å². The van der Waals surface area contributed by atoms with E-state index in [1.165, 1.54) is 108 Å². The van der Waals surface area contributed by atoms with Crippen LogP contribution in [0, 0.1) is 0 Å². The minimum Gasteiger partial charge on any atom is -0.335 e. The summed E-state index contributed by atoms with van der Waals surface area (Å²) in [5, 5.41) is 0. The van der Waals surface area contributed by atoms with E-state index in [4.69, 9.17) is 0 Å². The molecule has 5 heteroatoms. The van der Waals surface area contributed by atoms with Gasteiger partial charge in [-0.1, -0.05) is 220 Å². The van der Waals surface area contributed by atoms with Crippen LogP contribution in [-0.2, 0) is 32.5 Å². The van der Waals surface area contributed by atoms with Crippen molar-refractivity contribution in [3.8, 4) is 11.1 Å². The van der Waals surface area contributed by atoms with E-state index in [2.05, 4.69) is 318 Å². The van der Waals surface area contributed by atoms with Crippen molar-refractivity contribution in [2.45, 2.75) is 174 Å². The molecule has 9 aromatic carbocycles. The van der Waals surface area contributed by atoms with E-state index in [1.807, 2.05) is 0 Å². The molecule has 4 nitrogen and oxygen atoms in total. The number of benzene rings is 9. The van der Waals surface area contributed by atoms with Crippen molar-refractivity contribution < 1.29 is 0 Å². The van der Waals surface area contributed by atoms with Crippen LogP contribution in [0.3, 0.4) is 0 Å². The van der Waals surface area contributed by atoms with Crippen molar-refractivity contribution in [3.63, 3.8) is 0 Å².